The molecule has 1 aliphatic heterocycles. The van der Waals surface area contributed by atoms with E-state index in [-0.39, 0.29) is 24.1 Å². The van der Waals surface area contributed by atoms with Crippen molar-refractivity contribution in [3.63, 3.8) is 0 Å². The quantitative estimate of drug-likeness (QED) is 0.650. The van der Waals surface area contributed by atoms with E-state index in [4.69, 9.17) is 5.11 Å². The third-order valence-electron chi connectivity index (χ3n) is 3.34. The summed E-state index contributed by atoms with van der Waals surface area (Å²) >= 11 is 0. The van der Waals surface area contributed by atoms with Gasteiger partial charge in [-0.3, -0.25) is 14.9 Å². The van der Waals surface area contributed by atoms with Crippen LogP contribution in [-0.4, -0.2) is 40.0 Å². The summed E-state index contributed by atoms with van der Waals surface area (Å²) in [6, 6.07) is 5.31. The number of hydrogen-bond donors (Lipinski definition) is 2. The van der Waals surface area contributed by atoms with Gasteiger partial charge >= 0.3 is 12.0 Å². The van der Waals surface area contributed by atoms with Crippen molar-refractivity contribution in [3.8, 4) is 0 Å². The fraction of sp³-hybridized carbons (Fsp3) is 0.385. The maximum absolute atomic E-state index is 12.0. The number of likely N-dealkylation sites (tertiary alicyclic amines) is 1. The fourth-order valence-electron chi connectivity index (χ4n) is 2.33. The Morgan fingerprint density at radius 3 is 2.90 bits per heavy atom. The van der Waals surface area contributed by atoms with Crippen LogP contribution in [0.3, 0.4) is 0 Å². The van der Waals surface area contributed by atoms with Crippen molar-refractivity contribution in [1.82, 2.24) is 4.90 Å². The molecule has 1 heterocycles. The number of nitro benzene ring substituents is 1. The van der Waals surface area contributed by atoms with Gasteiger partial charge in [0.1, 0.15) is 0 Å². The summed E-state index contributed by atoms with van der Waals surface area (Å²) in [6.07, 6.45) is 0.690. The van der Waals surface area contributed by atoms with E-state index in [0.29, 0.717) is 25.2 Å². The summed E-state index contributed by atoms with van der Waals surface area (Å²) in [5.41, 5.74) is 0.244. The van der Waals surface area contributed by atoms with Gasteiger partial charge in [0.05, 0.1) is 4.92 Å². The van der Waals surface area contributed by atoms with E-state index in [1.54, 1.807) is 6.07 Å². The molecule has 2 amide bonds. The number of benzene rings is 1. The highest BCUT2D eigenvalue weighted by Gasteiger charge is 2.27. The van der Waals surface area contributed by atoms with Crippen molar-refractivity contribution in [2.45, 2.75) is 12.8 Å². The van der Waals surface area contributed by atoms with E-state index in [9.17, 15) is 19.7 Å². The Hall–Kier alpha value is -2.64. The van der Waals surface area contributed by atoms with Gasteiger partial charge in [0.15, 0.2) is 0 Å². The van der Waals surface area contributed by atoms with Crippen LogP contribution in [0.2, 0.25) is 0 Å². The largest absolute Gasteiger partial charge is 0.481 e. The Balaban J connectivity index is 1.94. The first-order valence-corrected chi connectivity index (χ1v) is 6.48. The molecule has 1 saturated heterocycles. The molecule has 0 radical (unpaired) electrons. The maximum Gasteiger partial charge on any atom is 0.321 e. The summed E-state index contributed by atoms with van der Waals surface area (Å²) in [5.74, 6) is -0.917. The van der Waals surface area contributed by atoms with E-state index in [1.165, 1.54) is 23.1 Å². The second-order valence-corrected chi connectivity index (χ2v) is 4.94. The van der Waals surface area contributed by atoms with Gasteiger partial charge in [0.2, 0.25) is 0 Å². The van der Waals surface area contributed by atoms with Crippen LogP contribution in [0.4, 0.5) is 16.2 Å². The molecule has 0 spiro atoms. The van der Waals surface area contributed by atoms with Crippen molar-refractivity contribution < 1.29 is 19.6 Å². The van der Waals surface area contributed by atoms with Crippen LogP contribution in [0.1, 0.15) is 12.8 Å². The zero-order chi connectivity index (χ0) is 15.4. The van der Waals surface area contributed by atoms with Gasteiger partial charge in [-0.05, 0) is 18.4 Å². The van der Waals surface area contributed by atoms with Gasteiger partial charge in [-0.2, -0.15) is 0 Å². The first kappa shape index (κ1) is 14.8. The van der Waals surface area contributed by atoms with E-state index in [1.807, 2.05) is 0 Å². The first-order valence-electron chi connectivity index (χ1n) is 6.48. The molecule has 21 heavy (non-hydrogen) atoms. The van der Waals surface area contributed by atoms with Crippen LogP contribution in [0.5, 0.6) is 0 Å². The number of nitrogens with zero attached hydrogens (tertiary/aromatic N) is 2. The number of urea groups is 1. The van der Waals surface area contributed by atoms with Crippen molar-refractivity contribution in [1.29, 1.82) is 0 Å². The molecule has 1 aliphatic rings. The molecule has 0 aromatic heterocycles. The third-order valence-corrected chi connectivity index (χ3v) is 3.34. The zero-order valence-corrected chi connectivity index (χ0v) is 11.2. The zero-order valence-electron chi connectivity index (χ0n) is 11.2. The Morgan fingerprint density at radius 2 is 2.24 bits per heavy atom. The molecule has 0 aliphatic carbocycles. The van der Waals surface area contributed by atoms with Gasteiger partial charge in [0, 0.05) is 37.3 Å². The standard InChI is InChI=1S/C13H15N3O5/c17-12(18)6-9-4-5-15(8-9)13(19)14-10-2-1-3-11(7-10)16(20)21/h1-3,7,9H,4-6,8H2,(H,14,19)(H,17,18). The number of carbonyl (C=O) groups excluding carboxylic acids is 1. The Morgan fingerprint density at radius 1 is 1.48 bits per heavy atom. The highest BCUT2D eigenvalue weighted by atomic mass is 16.6. The highest BCUT2D eigenvalue weighted by molar-refractivity contribution is 5.89. The molecule has 112 valence electrons. The number of carboxylic acids is 1. The Bertz CT molecular complexity index is 575. The van der Waals surface area contributed by atoms with Crippen molar-refractivity contribution >= 4 is 23.4 Å². The summed E-state index contributed by atoms with van der Waals surface area (Å²) in [5, 5.41) is 22.0. The summed E-state index contributed by atoms with van der Waals surface area (Å²) in [4.78, 5) is 34.3. The molecular formula is C13H15N3O5. The van der Waals surface area contributed by atoms with Crippen LogP contribution in [-0.2, 0) is 4.79 Å². The molecule has 8 nitrogen and oxygen atoms in total. The average Bonchev–Trinajstić information content (AvgIpc) is 2.86. The van der Waals surface area contributed by atoms with Gasteiger partial charge < -0.3 is 15.3 Å². The van der Waals surface area contributed by atoms with Crippen LogP contribution in [0, 0.1) is 16.0 Å². The van der Waals surface area contributed by atoms with E-state index in [0.717, 1.165) is 0 Å². The molecule has 0 bridgehead atoms. The van der Waals surface area contributed by atoms with Crippen LogP contribution in [0.25, 0.3) is 0 Å². The topological polar surface area (TPSA) is 113 Å². The number of carboxylic acid groups (broad SMARTS) is 1. The lowest BCUT2D eigenvalue weighted by Crippen LogP contribution is -2.33. The first-order chi connectivity index (χ1) is 9.95. The number of hydrogen-bond acceptors (Lipinski definition) is 4. The van der Waals surface area contributed by atoms with Crippen LogP contribution in [0.15, 0.2) is 24.3 Å². The molecule has 1 aromatic rings. The predicted molar refractivity (Wildman–Crippen MR) is 74.0 cm³/mol. The minimum absolute atomic E-state index is 0.0423. The Labute approximate surface area is 120 Å². The van der Waals surface area contributed by atoms with Gasteiger partial charge in [0.25, 0.3) is 5.69 Å². The second kappa shape index (κ2) is 6.21. The van der Waals surface area contributed by atoms with E-state index >= 15 is 0 Å². The molecular weight excluding hydrogens is 278 g/mol. The molecule has 2 N–H and O–H groups in total. The Kier molecular flexibility index (Phi) is 4.36. The van der Waals surface area contributed by atoms with Crippen LogP contribution >= 0.6 is 0 Å². The number of rotatable bonds is 4. The minimum atomic E-state index is -0.874. The predicted octanol–water partition coefficient (Wildman–Crippen LogP) is 1.92. The van der Waals surface area contributed by atoms with Gasteiger partial charge in [-0.15, -0.1) is 0 Å². The number of nitrogens with one attached hydrogen (secondary N) is 1. The second-order valence-electron chi connectivity index (χ2n) is 4.94. The summed E-state index contributed by atoms with van der Waals surface area (Å²) < 4.78 is 0. The van der Waals surface area contributed by atoms with Gasteiger partial charge in [-0.1, -0.05) is 6.07 Å². The van der Waals surface area contributed by atoms with E-state index in [2.05, 4.69) is 5.32 Å². The summed E-state index contributed by atoms with van der Waals surface area (Å²) in [6.45, 7) is 0.867. The molecule has 1 aromatic carbocycles. The lowest BCUT2D eigenvalue weighted by molar-refractivity contribution is -0.384. The summed E-state index contributed by atoms with van der Waals surface area (Å²) in [7, 11) is 0. The minimum Gasteiger partial charge on any atom is -0.481 e. The fourth-order valence-corrected chi connectivity index (χ4v) is 2.33. The molecule has 1 fully saturated rings. The molecule has 8 heteroatoms. The number of aliphatic carboxylic acids is 1. The number of carbonyl (C=O) groups is 2. The maximum atomic E-state index is 12.0. The molecule has 0 saturated carbocycles. The lowest BCUT2D eigenvalue weighted by atomic mass is 10.1. The van der Waals surface area contributed by atoms with Gasteiger partial charge in [-0.25, -0.2) is 4.79 Å². The van der Waals surface area contributed by atoms with Crippen molar-refractivity contribution in [2.24, 2.45) is 5.92 Å². The van der Waals surface area contributed by atoms with E-state index < -0.39 is 10.9 Å². The van der Waals surface area contributed by atoms with Crippen molar-refractivity contribution in [3.05, 3.63) is 34.4 Å². The normalized spacial score (nSPS) is 17.5. The number of non-ortho nitro benzene ring substituents is 1. The lowest BCUT2D eigenvalue weighted by Gasteiger charge is -2.17. The molecule has 1 atom stereocenters. The third kappa shape index (κ3) is 3.91. The molecule has 1 unspecified atom stereocenters. The monoisotopic (exact) mass is 293 g/mol. The van der Waals surface area contributed by atoms with Crippen LogP contribution < -0.4 is 5.32 Å². The number of amides is 2. The van der Waals surface area contributed by atoms with Crippen molar-refractivity contribution in [2.75, 3.05) is 18.4 Å². The molecule has 2 rings (SSSR count). The highest BCUT2D eigenvalue weighted by Crippen LogP contribution is 2.22. The SMILES string of the molecule is O=C(O)CC1CCN(C(=O)Nc2cccc([N+](=O)[O-])c2)C1. The average molecular weight is 293 g/mol. The number of anilines is 1. The number of nitro groups is 1. The smallest absolute Gasteiger partial charge is 0.321 e.